The van der Waals surface area contributed by atoms with Gasteiger partial charge in [-0.1, -0.05) is 19.2 Å². The molecule has 14 heavy (non-hydrogen) atoms. The summed E-state index contributed by atoms with van der Waals surface area (Å²) in [6, 6.07) is 5.38. The van der Waals surface area contributed by atoms with Crippen molar-refractivity contribution >= 4 is 5.97 Å². The number of ether oxygens (including phenoxy) is 1. The average molecular weight is 189 g/mol. The second kappa shape index (κ2) is 4.97. The summed E-state index contributed by atoms with van der Waals surface area (Å²) in [5.41, 5.74) is 0.651. The highest BCUT2D eigenvalue weighted by Gasteiger charge is 2.11. The first-order valence-electron chi connectivity index (χ1n) is 4.14. The van der Waals surface area contributed by atoms with Crippen molar-refractivity contribution in [1.82, 2.24) is 4.98 Å². The molecule has 0 aromatic carbocycles. The first kappa shape index (κ1) is 10.2. The highest BCUT2D eigenvalue weighted by Crippen LogP contribution is 2.15. The standard InChI is InChI=1S/C11H11NO2/c1-3-10(14-11(13)4-2)9-7-5-6-8-12-9/h3-8,10H,1-2H2. The molecule has 0 aliphatic carbocycles. The summed E-state index contributed by atoms with van der Waals surface area (Å²) in [6.45, 7) is 6.89. The molecule has 1 heterocycles. The molecule has 1 aromatic heterocycles. The zero-order chi connectivity index (χ0) is 10.4. The van der Waals surface area contributed by atoms with Gasteiger partial charge >= 0.3 is 5.97 Å². The van der Waals surface area contributed by atoms with Gasteiger partial charge in [0.15, 0.2) is 6.10 Å². The maximum absolute atomic E-state index is 10.9. The molecule has 0 saturated heterocycles. The molecule has 0 aliphatic rings. The van der Waals surface area contributed by atoms with Crippen LogP contribution >= 0.6 is 0 Å². The van der Waals surface area contributed by atoms with Crippen LogP contribution in [0.4, 0.5) is 0 Å². The number of rotatable bonds is 4. The van der Waals surface area contributed by atoms with E-state index in [2.05, 4.69) is 18.1 Å². The Hall–Kier alpha value is -1.90. The number of pyridine rings is 1. The third kappa shape index (κ3) is 2.55. The van der Waals surface area contributed by atoms with Crippen molar-refractivity contribution in [2.45, 2.75) is 6.10 Å². The Balaban J connectivity index is 2.77. The van der Waals surface area contributed by atoms with Gasteiger partial charge < -0.3 is 4.74 Å². The van der Waals surface area contributed by atoms with E-state index in [0.717, 1.165) is 6.08 Å². The maximum atomic E-state index is 10.9. The molecular formula is C11H11NO2. The van der Waals surface area contributed by atoms with Crippen LogP contribution in [-0.2, 0) is 9.53 Å². The summed E-state index contributed by atoms with van der Waals surface area (Å²) in [7, 11) is 0. The molecular weight excluding hydrogens is 178 g/mol. The van der Waals surface area contributed by atoms with Crippen molar-refractivity contribution in [2.24, 2.45) is 0 Å². The lowest BCUT2D eigenvalue weighted by atomic mass is 10.2. The molecule has 72 valence electrons. The second-order valence-corrected chi connectivity index (χ2v) is 2.55. The summed E-state index contributed by atoms with van der Waals surface area (Å²) in [5, 5.41) is 0. The highest BCUT2D eigenvalue weighted by atomic mass is 16.5. The van der Waals surface area contributed by atoms with Crippen LogP contribution in [0.3, 0.4) is 0 Å². The summed E-state index contributed by atoms with van der Waals surface area (Å²) in [6.07, 6.45) is 3.75. The molecule has 0 amide bonds. The van der Waals surface area contributed by atoms with Crippen LogP contribution in [0.5, 0.6) is 0 Å². The van der Waals surface area contributed by atoms with E-state index in [9.17, 15) is 4.79 Å². The average Bonchev–Trinajstić information content (AvgIpc) is 2.26. The van der Waals surface area contributed by atoms with Crippen LogP contribution in [0, 0.1) is 0 Å². The monoisotopic (exact) mass is 189 g/mol. The fourth-order valence-corrected chi connectivity index (χ4v) is 0.947. The van der Waals surface area contributed by atoms with E-state index in [0.29, 0.717) is 5.69 Å². The number of hydrogen-bond donors (Lipinski definition) is 0. The molecule has 0 fully saturated rings. The van der Waals surface area contributed by atoms with Crippen molar-refractivity contribution in [1.29, 1.82) is 0 Å². The van der Waals surface area contributed by atoms with Gasteiger partial charge in [0, 0.05) is 12.3 Å². The number of carbonyl (C=O) groups is 1. The van der Waals surface area contributed by atoms with Gasteiger partial charge in [-0.2, -0.15) is 0 Å². The van der Waals surface area contributed by atoms with Crippen LogP contribution in [0.15, 0.2) is 49.7 Å². The maximum Gasteiger partial charge on any atom is 0.331 e. The smallest absolute Gasteiger partial charge is 0.331 e. The molecule has 0 spiro atoms. The van der Waals surface area contributed by atoms with Gasteiger partial charge in [0.2, 0.25) is 0 Å². The van der Waals surface area contributed by atoms with E-state index in [-0.39, 0.29) is 0 Å². The van der Waals surface area contributed by atoms with Crippen molar-refractivity contribution in [3.05, 3.63) is 55.4 Å². The Morgan fingerprint density at radius 2 is 2.29 bits per heavy atom. The van der Waals surface area contributed by atoms with Gasteiger partial charge in [0.25, 0.3) is 0 Å². The molecule has 0 bridgehead atoms. The van der Waals surface area contributed by atoms with E-state index in [1.165, 1.54) is 6.08 Å². The molecule has 1 rings (SSSR count). The SMILES string of the molecule is C=CC(=O)OC(C=C)c1ccccn1. The Kier molecular flexibility index (Phi) is 3.61. The van der Waals surface area contributed by atoms with Crippen LogP contribution in [0.2, 0.25) is 0 Å². The van der Waals surface area contributed by atoms with Crippen LogP contribution in [-0.4, -0.2) is 11.0 Å². The van der Waals surface area contributed by atoms with Gasteiger partial charge in [-0.05, 0) is 18.2 Å². The molecule has 1 aromatic rings. The van der Waals surface area contributed by atoms with Crippen molar-refractivity contribution < 1.29 is 9.53 Å². The van der Waals surface area contributed by atoms with E-state index in [4.69, 9.17) is 4.74 Å². The van der Waals surface area contributed by atoms with Crippen LogP contribution in [0.1, 0.15) is 11.8 Å². The first-order valence-corrected chi connectivity index (χ1v) is 4.14. The number of nitrogens with zero attached hydrogens (tertiary/aromatic N) is 1. The van der Waals surface area contributed by atoms with E-state index in [1.807, 2.05) is 6.07 Å². The number of carbonyl (C=O) groups excluding carboxylic acids is 1. The third-order valence-corrected chi connectivity index (χ3v) is 1.60. The zero-order valence-electron chi connectivity index (χ0n) is 7.72. The van der Waals surface area contributed by atoms with Gasteiger partial charge in [-0.3, -0.25) is 4.98 Å². The summed E-state index contributed by atoms with van der Waals surface area (Å²) < 4.78 is 5.00. The van der Waals surface area contributed by atoms with Gasteiger partial charge in [0.05, 0.1) is 5.69 Å². The minimum Gasteiger partial charge on any atom is -0.448 e. The second-order valence-electron chi connectivity index (χ2n) is 2.55. The summed E-state index contributed by atoms with van der Waals surface area (Å²) in [4.78, 5) is 15.0. The Labute approximate surface area is 82.7 Å². The van der Waals surface area contributed by atoms with E-state index in [1.54, 1.807) is 18.3 Å². The lowest BCUT2D eigenvalue weighted by molar-refractivity contribution is -0.141. The number of aromatic nitrogens is 1. The largest absolute Gasteiger partial charge is 0.448 e. The minimum absolute atomic E-state index is 0.486. The van der Waals surface area contributed by atoms with Crippen LogP contribution in [0.25, 0.3) is 0 Å². The van der Waals surface area contributed by atoms with Crippen molar-refractivity contribution in [3.8, 4) is 0 Å². The molecule has 0 N–H and O–H groups in total. The van der Waals surface area contributed by atoms with E-state index >= 15 is 0 Å². The third-order valence-electron chi connectivity index (χ3n) is 1.60. The Morgan fingerprint density at radius 3 is 2.79 bits per heavy atom. The fourth-order valence-electron chi connectivity index (χ4n) is 0.947. The van der Waals surface area contributed by atoms with Gasteiger partial charge in [0.1, 0.15) is 0 Å². The van der Waals surface area contributed by atoms with Gasteiger partial charge in [-0.15, -0.1) is 0 Å². The predicted molar refractivity (Wildman–Crippen MR) is 53.5 cm³/mol. The number of hydrogen-bond acceptors (Lipinski definition) is 3. The lowest BCUT2D eigenvalue weighted by Gasteiger charge is -2.11. The van der Waals surface area contributed by atoms with Gasteiger partial charge in [-0.25, -0.2) is 4.79 Å². The quantitative estimate of drug-likeness (QED) is 0.413. The molecule has 3 heteroatoms. The predicted octanol–water partition coefficient (Wildman–Crippen LogP) is 2.04. The molecule has 1 atom stereocenters. The molecule has 3 nitrogen and oxygen atoms in total. The Bertz CT molecular complexity index is 332. The topological polar surface area (TPSA) is 39.2 Å². The molecule has 0 saturated carbocycles. The zero-order valence-corrected chi connectivity index (χ0v) is 7.72. The first-order chi connectivity index (χ1) is 6.77. The lowest BCUT2D eigenvalue weighted by Crippen LogP contribution is -2.07. The molecule has 0 aliphatic heterocycles. The van der Waals surface area contributed by atoms with Crippen molar-refractivity contribution in [3.63, 3.8) is 0 Å². The van der Waals surface area contributed by atoms with E-state index < -0.39 is 12.1 Å². The summed E-state index contributed by atoms with van der Waals surface area (Å²) in [5.74, 6) is -0.486. The highest BCUT2D eigenvalue weighted by molar-refractivity contribution is 5.81. The molecule has 0 radical (unpaired) electrons. The minimum atomic E-state index is -0.512. The number of esters is 1. The molecule has 1 unspecified atom stereocenters. The summed E-state index contributed by atoms with van der Waals surface area (Å²) >= 11 is 0. The van der Waals surface area contributed by atoms with Crippen molar-refractivity contribution in [2.75, 3.05) is 0 Å². The van der Waals surface area contributed by atoms with Crippen LogP contribution < -0.4 is 0 Å². The Morgan fingerprint density at radius 1 is 1.50 bits per heavy atom. The normalized spacial score (nSPS) is 11.4. The fraction of sp³-hybridized carbons (Fsp3) is 0.0909.